The van der Waals surface area contributed by atoms with Crippen LogP contribution in [0.15, 0.2) is 35.2 Å². The summed E-state index contributed by atoms with van der Waals surface area (Å²) in [6.45, 7) is 0. The van der Waals surface area contributed by atoms with Gasteiger partial charge in [0.25, 0.3) is 0 Å². The molecule has 0 radical (unpaired) electrons. The van der Waals surface area contributed by atoms with Crippen LogP contribution in [0.5, 0.6) is 5.75 Å². The summed E-state index contributed by atoms with van der Waals surface area (Å²) in [5.74, 6) is 0.539. The lowest BCUT2D eigenvalue weighted by Crippen LogP contribution is -2.40. The number of methoxy groups -OCH3 is 1. The molecule has 1 spiro atoms. The Hall–Kier alpha value is -1.82. The second kappa shape index (κ2) is 5.92. The van der Waals surface area contributed by atoms with Gasteiger partial charge in [0, 0.05) is 16.5 Å². The van der Waals surface area contributed by atoms with Gasteiger partial charge in [-0.2, -0.15) is 0 Å². The zero-order chi connectivity index (χ0) is 16.7. The molecule has 1 aromatic heterocycles. The molecule has 1 atom stereocenters. The minimum absolute atomic E-state index is 0.0148. The van der Waals surface area contributed by atoms with E-state index in [1.165, 1.54) is 20.0 Å². The van der Waals surface area contributed by atoms with E-state index in [0.717, 1.165) is 35.0 Å². The van der Waals surface area contributed by atoms with Gasteiger partial charge >= 0.3 is 5.97 Å². The predicted molar refractivity (Wildman–Crippen MR) is 92.3 cm³/mol. The molecule has 4 rings (SSSR count). The van der Waals surface area contributed by atoms with E-state index in [1.54, 1.807) is 12.5 Å². The van der Waals surface area contributed by atoms with E-state index >= 15 is 0 Å². The Morgan fingerprint density at radius 2 is 2.21 bits per heavy atom. The molecule has 0 bridgehead atoms. The summed E-state index contributed by atoms with van der Waals surface area (Å²) in [5, 5.41) is 0. The van der Waals surface area contributed by atoms with E-state index in [0.29, 0.717) is 5.69 Å². The second-order valence-electron chi connectivity index (χ2n) is 6.57. The third kappa shape index (κ3) is 2.53. The Morgan fingerprint density at radius 1 is 1.42 bits per heavy atom. The van der Waals surface area contributed by atoms with E-state index in [-0.39, 0.29) is 17.6 Å². The van der Waals surface area contributed by atoms with Crippen molar-refractivity contribution in [3.8, 4) is 5.75 Å². The van der Waals surface area contributed by atoms with E-state index in [4.69, 9.17) is 9.47 Å². The van der Waals surface area contributed by atoms with Crippen molar-refractivity contribution in [3.05, 3.63) is 46.5 Å². The minimum atomic E-state index is -0.365. The van der Waals surface area contributed by atoms with Gasteiger partial charge in [0.05, 0.1) is 25.7 Å². The van der Waals surface area contributed by atoms with Crippen LogP contribution in [-0.2, 0) is 4.74 Å². The molecule has 1 unspecified atom stereocenters. The zero-order valence-corrected chi connectivity index (χ0v) is 15.1. The predicted octanol–water partition coefficient (Wildman–Crippen LogP) is 4.12. The molecule has 24 heavy (non-hydrogen) atoms. The molecular formula is C18H19BrN2O3. The molecular weight excluding hydrogens is 372 g/mol. The van der Waals surface area contributed by atoms with Crippen LogP contribution in [0.4, 0.5) is 0 Å². The van der Waals surface area contributed by atoms with Gasteiger partial charge in [-0.15, -0.1) is 0 Å². The number of carbonyl (C=O) groups is 1. The fraction of sp³-hybridized carbons (Fsp3) is 0.444. The van der Waals surface area contributed by atoms with E-state index in [9.17, 15) is 4.79 Å². The molecule has 2 aliphatic rings. The Labute approximate surface area is 149 Å². The molecule has 126 valence electrons. The number of halogens is 1. The van der Waals surface area contributed by atoms with Crippen molar-refractivity contribution < 1.29 is 14.3 Å². The number of fused-ring (bicyclic) bond motifs is 1. The molecule has 2 aromatic rings. The number of hydrogen-bond donors (Lipinski definition) is 0. The Bertz CT molecular complexity index is 780. The molecule has 5 nitrogen and oxygen atoms in total. The van der Waals surface area contributed by atoms with Crippen LogP contribution in [0.25, 0.3) is 0 Å². The number of nitrogens with zero attached hydrogens (tertiary/aromatic N) is 2. The normalized spacial score (nSPS) is 21.3. The highest BCUT2D eigenvalue weighted by Gasteiger charge is 2.44. The SMILES string of the molecule is COC(=O)c1cncn1C1CC2(CCCC2)Oc2ccc(Br)cc21. The van der Waals surface area contributed by atoms with Crippen molar-refractivity contribution in [3.63, 3.8) is 0 Å². The van der Waals surface area contributed by atoms with Crippen molar-refractivity contribution in [2.75, 3.05) is 7.11 Å². The number of benzene rings is 1. The summed E-state index contributed by atoms with van der Waals surface area (Å²) >= 11 is 3.55. The number of ether oxygens (including phenoxy) is 2. The van der Waals surface area contributed by atoms with E-state index in [2.05, 4.69) is 27.0 Å². The minimum Gasteiger partial charge on any atom is -0.487 e. The first-order valence-electron chi connectivity index (χ1n) is 8.20. The van der Waals surface area contributed by atoms with Gasteiger partial charge in [-0.05, 0) is 43.9 Å². The molecule has 1 aliphatic heterocycles. The van der Waals surface area contributed by atoms with Gasteiger partial charge in [0.15, 0.2) is 0 Å². The van der Waals surface area contributed by atoms with Crippen molar-refractivity contribution in [1.29, 1.82) is 0 Å². The molecule has 1 fully saturated rings. The van der Waals surface area contributed by atoms with Crippen LogP contribution in [-0.4, -0.2) is 28.2 Å². The quantitative estimate of drug-likeness (QED) is 0.723. The third-order valence-electron chi connectivity index (χ3n) is 5.13. The highest BCUT2D eigenvalue weighted by molar-refractivity contribution is 9.10. The third-order valence-corrected chi connectivity index (χ3v) is 5.63. The number of imidazole rings is 1. The molecule has 1 aliphatic carbocycles. The van der Waals surface area contributed by atoms with Gasteiger partial charge in [0.2, 0.25) is 0 Å². The summed E-state index contributed by atoms with van der Waals surface area (Å²) in [6.07, 6.45) is 8.62. The smallest absolute Gasteiger partial charge is 0.356 e. The number of carbonyl (C=O) groups excluding carboxylic acids is 1. The maximum Gasteiger partial charge on any atom is 0.356 e. The molecule has 1 saturated carbocycles. The van der Waals surface area contributed by atoms with E-state index < -0.39 is 0 Å². The zero-order valence-electron chi connectivity index (χ0n) is 13.5. The molecule has 1 aromatic carbocycles. The average Bonchev–Trinajstić information content (AvgIpc) is 3.24. The van der Waals surface area contributed by atoms with Crippen LogP contribution in [0.2, 0.25) is 0 Å². The largest absolute Gasteiger partial charge is 0.487 e. The van der Waals surface area contributed by atoms with Crippen LogP contribution in [0, 0.1) is 0 Å². The van der Waals surface area contributed by atoms with Gasteiger partial charge < -0.3 is 14.0 Å². The number of esters is 1. The highest BCUT2D eigenvalue weighted by atomic mass is 79.9. The first kappa shape index (κ1) is 15.7. The van der Waals surface area contributed by atoms with Gasteiger partial charge in [-0.3, -0.25) is 0 Å². The van der Waals surface area contributed by atoms with Crippen molar-refractivity contribution in [2.45, 2.75) is 43.7 Å². The fourth-order valence-corrected chi connectivity index (χ4v) is 4.38. The maximum atomic E-state index is 12.1. The van der Waals surface area contributed by atoms with Gasteiger partial charge in [0.1, 0.15) is 17.0 Å². The van der Waals surface area contributed by atoms with Crippen molar-refractivity contribution in [2.24, 2.45) is 0 Å². The first-order valence-corrected chi connectivity index (χ1v) is 9.00. The molecule has 0 saturated heterocycles. The summed E-state index contributed by atoms with van der Waals surface area (Å²) < 4.78 is 14.3. The molecule has 0 N–H and O–H groups in total. The Kier molecular flexibility index (Phi) is 3.87. The molecule has 2 heterocycles. The fourth-order valence-electron chi connectivity index (χ4n) is 4.00. The van der Waals surface area contributed by atoms with Crippen LogP contribution >= 0.6 is 15.9 Å². The van der Waals surface area contributed by atoms with Crippen LogP contribution < -0.4 is 4.74 Å². The lowest BCUT2D eigenvalue weighted by molar-refractivity contribution is 0.0356. The topological polar surface area (TPSA) is 53.3 Å². The summed E-state index contributed by atoms with van der Waals surface area (Å²) in [4.78, 5) is 16.3. The first-order chi connectivity index (χ1) is 11.6. The van der Waals surface area contributed by atoms with Crippen molar-refractivity contribution >= 4 is 21.9 Å². The number of hydrogen-bond acceptors (Lipinski definition) is 4. The van der Waals surface area contributed by atoms with Gasteiger partial charge in [-0.1, -0.05) is 15.9 Å². The number of rotatable bonds is 2. The van der Waals surface area contributed by atoms with Crippen LogP contribution in [0.1, 0.15) is 54.2 Å². The molecule has 6 heteroatoms. The molecule has 0 amide bonds. The standard InChI is InChI=1S/C18H19BrN2O3/c1-23-17(22)15-10-20-11-21(15)14-9-18(6-2-3-7-18)24-16-5-4-12(19)8-13(14)16/h4-5,8,10-11,14H,2-3,6-7,9H2,1H3. The monoisotopic (exact) mass is 390 g/mol. The van der Waals surface area contributed by atoms with Gasteiger partial charge in [-0.25, -0.2) is 9.78 Å². The Morgan fingerprint density at radius 3 is 2.96 bits per heavy atom. The lowest BCUT2D eigenvalue weighted by Gasteiger charge is -2.40. The number of aromatic nitrogens is 2. The van der Waals surface area contributed by atoms with Crippen molar-refractivity contribution in [1.82, 2.24) is 9.55 Å². The lowest BCUT2D eigenvalue weighted by atomic mass is 9.85. The summed E-state index contributed by atoms with van der Waals surface area (Å²) in [6, 6.07) is 6.10. The summed E-state index contributed by atoms with van der Waals surface area (Å²) in [5.41, 5.74) is 1.41. The van der Waals surface area contributed by atoms with E-state index in [1.807, 2.05) is 16.7 Å². The van der Waals surface area contributed by atoms with Crippen LogP contribution in [0.3, 0.4) is 0 Å². The maximum absolute atomic E-state index is 12.1. The Balaban J connectivity index is 1.83. The average molecular weight is 391 g/mol. The highest BCUT2D eigenvalue weighted by Crippen LogP contribution is 2.49. The second-order valence-corrected chi connectivity index (χ2v) is 7.49. The summed E-state index contributed by atoms with van der Waals surface area (Å²) in [7, 11) is 1.40.